The monoisotopic (exact) mass is 372 g/mol. The first kappa shape index (κ1) is 17.3. The summed E-state index contributed by atoms with van der Waals surface area (Å²) >= 11 is 2.90. The summed E-state index contributed by atoms with van der Waals surface area (Å²) in [5.41, 5.74) is 1.56. The Kier molecular flexibility index (Phi) is 5.57. The van der Waals surface area contributed by atoms with Crippen LogP contribution in [-0.4, -0.2) is 23.4 Å². The van der Waals surface area contributed by atoms with Crippen molar-refractivity contribution in [3.05, 3.63) is 64.0 Å². The number of rotatable bonds is 6. The van der Waals surface area contributed by atoms with E-state index in [2.05, 4.69) is 10.3 Å². The molecule has 0 saturated heterocycles. The molecule has 0 aliphatic heterocycles. The highest BCUT2D eigenvalue weighted by Crippen LogP contribution is 2.30. The maximum absolute atomic E-state index is 12.3. The highest BCUT2D eigenvalue weighted by molar-refractivity contribution is 7.22. The van der Waals surface area contributed by atoms with Crippen molar-refractivity contribution in [2.24, 2.45) is 0 Å². The molecule has 7 heteroatoms. The van der Waals surface area contributed by atoms with E-state index in [-0.39, 0.29) is 19.1 Å². The van der Waals surface area contributed by atoms with Crippen LogP contribution in [0.15, 0.2) is 47.8 Å². The lowest BCUT2D eigenvalue weighted by Crippen LogP contribution is -2.30. The molecule has 0 fully saturated rings. The van der Waals surface area contributed by atoms with Gasteiger partial charge in [-0.05, 0) is 23.9 Å². The Bertz CT molecular complexity index is 858. The standard InChI is InChI=1S/C18H16N2O3S2/c1-12-16(25-18(20-12)14-8-5-9-24-14)17(22)19-10-15(21)23-11-13-6-3-2-4-7-13/h2-9H,10-11H2,1H3,(H,19,22). The van der Waals surface area contributed by atoms with Crippen LogP contribution in [0.2, 0.25) is 0 Å². The number of aryl methyl sites for hydroxylation is 1. The Morgan fingerprint density at radius 3 is 2.68 bits per heavy atom. The molecule has 0 aliphatic carbocycles. The fourth-order valence-corrected chi connectivity index (χ4v) is 3.91. The number of carbonyl (C=O) groups excluding carboxylic acids is 2. The molecule has 0 aliphatic rings. The summed E-state index contributed by atoms with van der Waals surface area (Å²) in [5, 5.41) is 5.37. The molecule has 1 N–H and O–H groups in total. The second-order valence-corrected chi connectivity index (χ2v) is 7.19. The van der Waals surface area contributed by atoms with E-state index in [9.17, 15) is 9.59 Å². The number of thiazole rings is 1. The van der Waals surface area contributed by atoms with Gasteiger partial charge in [-0.3, -0.25) is 9.59 Å². The quantitative estimate of drug-likeness (QED) is 0.671. The molecule has 0 bridgehead atoms. The van der Waals surface area contributed by atoms with Crippen LogP contribution in [0.4, 0.5) is 0 Å². The van der Waals surface area contributed by atoms with Crippen LogP contribution >= 0.6 is 22.7 Å². The molecular weight excluding hydrogens is 356 g/mol. The van der Waals surface area contributed by atoms with E-state index >= 15 is 0 Å². The first-order valence-corrected chi connectivity index (χ1v) is 9.32. The number of nitrogens with zero attached hydrogens (tertiary/aromatic N) is 1. The van der Waals surface area contributed by atoms with E-state index in [1.807, 2.05) is 47.8 Å². The average molecular weight is 372 g/mol. The van der Waals surface area contributed by atoms with Crippen molar-refractivity contribution in [2.75, 3.05) is 6.54 Å². The maximum atomic E-state index is 12.3. The van der Waals surface area contributed by atoms with Crippen molar-refractivity contribution in [3.8, 4) is 9.88 Å². The number of aromatic nitrogens is 1. The number of nitrogens with one attached hydrogen (secondary N) is 1. The molecule has 5 nitrogen and oxygen atoms in total. The molecule has 2 heterocycles. The normalized spacial score (nSPS) is 10.4. The van der Waals surface area contributed by atoms with Crippen molar-refractivity contribution >= 4 is 34.6 Å². The Balaban J connectivity index is 1.53. The molecule has 0 unspecified atom stereocenters. The summed E-state index contributed by atoms with van der Waals surface area (Å²) in [5.74, 6) is -0.785. The number of esters is 1. The molecule has 1 aromatic carbocycles. The van der Waals surface area contributed by atoms with Crippen molar-refractivity contribution in [1.82, 2.24) is 10.3 Å². The number of ether oxygens (including phenoxy) is 1. The summed E-state index contributed by atoms with van der Waals surface area (Å²) in [4.78, 5) is 30.0. The van der Waals surface area contributed by atoms with Gasteiger partial charge in [0, 0.05) is 0 Å². The minimum Gasteiger partial charge on any atom is -0.460 e. The molecule has 0 radical (unpaired) electrons. The van der Waals surface area contributed by atoms with Crippen LogP contribution < -0.4 is 5.32 Å². The Morgan fingerprint density at radius 2 is 1.96 bits per heavy atom. The number of thiophene rings is 1. The van der Waals surface area contributed by atoms with Gasteiger partial charge in [0.15, 0.2) is 0 Å². The van der Waals surface area contributed by atoms with Gasteiger partial charge in [0.1, 0.15) is 23.0 Å². The molecule has 25 heavy (non-hydrogen) atoms. The number of hydrogen-bond donors (Lipinski definition) is 1. The maximum Gasteiger partial charge on any atom is 0.325 e. The fraction of sp³-hybridized carbons (Fsp3) is 0.167. The van der Waals surface area contributed by atoms with Gasteiger partial charge in [-0.15, -0.1) is 22.7 Å². The lowest BCUT2D eigenvalue weighted by molar-refractivity contribution is -0.143. The predicted octanol–water partition coefficient (Wildman–Crippen LogP) is 3.65. The van der Waals surface area contributed by atoms with Gasteiger partial charge in [0.25, 0.3) is 5.91 Å². The highest BCUT2D eigenvalue weighted by atomic mass is 32.1. The number of hydrogen-bond acceptors (Lipinski definition) is 6. The van der Waals surface area contributed by atoms with Crippen molar-refractivity contribution < 1.29 is 14.3 Å². The Morgan fingerprint density at radius 1 is 1.16 bits per heavy atom. The molecule has 3 rings (SSSR count). The lowest BCUT2D eigenvalue weighted by Gasteiger charge is -2.06. The Labute approximate surface area is 153 Å². The second kappa shape index (κ2) is 8.04. The minimum atomic E-state index is -0.474. The summed E-state index contributed by atoms with van der Waals surface area (Å²) in [6.07, 6.45) is 0. The van der Waals surface area contributed by atoms with Crippen LogP contribution in [0.25, 0.3) is 9.88 Å². The first-order valence-electron chi connectivity index (χ1n) is 7.62. The van der Waals surface area contributed by atoms with Crippen LogP contribution in [-0.2, 0) is 16.1 Å². The smallest absolute Gasteiger partial charge is 0.325 e. The third kappa shape index (κ3) is 4.52. The summed E-state index contributed by atoms with van der Waals surface area (Å²) in [7, 11) is 0. The predicted molar refractivity (Wildman–Crippen MR) is 98.7 cm³/mol. The third-order valence-electron chi connectivity index (χ3n) is 3.37. The molecule has 3 aromatic rings. The van der Waals surface area contributed by atoms with Crippen molar-refractivity contribution in [1.29, 1.82) is 0 Å². The number of benzene rings is 1. The molecule has 0 atom stereocenters. The van der Waals surface area contributed by atoms with Gasteiger partial charge in [0.05, 0.1) is 10.6 Å². The first-order chi connectivity index (χ1) is 12.1. The van der Waals surface area contributed by atoms with Gasteiger partial charge < -0.3 is 10.1 Å². The van der Waals surface area contributed by atoms with Crippen LogP contribution in [0, 0.1) is 6.92 Å². The molecule has 1 amide bonds. The lowest BCUT2D eigenvalue weighted by atomic mass is 10.2. The average Bonchev–Trinajstić information content (AvgIpc) is 3.28. The van der Waals surface area contributed by atoms with Crippen LogP contribution in [0.3, 0.4) is 0 Å². The molecule has 0 spiro atoms. The summed E-state index contributed by atoms with van der Waals surface area (Å²) in [6, 6.07) is 13.3. The van der Waals surface area contributed by atoms with E-state index in [0.29, 0.717) is 10.6 Å². The third-order valence-corrected chi connectivity index (χ3v) is 5.57. The SMILES string of the molecule is Cc1nc(-c2cccs2)sc1C(=O)NCC(=O)OCc1ccccc1. The van der Waals surface area contributed by atoms with Gasteiger partial charge in [0.2, 0.25) is 0 Å². The zero-order valence-electron chi connectivity index (χ0n) is 13.5. The van der Waals surface area contributed by atoms with Crippen molar-refractivity contribution in [2.45, 2.75) is 13.5 Å². The van der Waals surface area contributed by atoms with E-state index in [0.717, 1.165) is 15.4 Å². The Hall–Kier alpha value is -2.51. The fourth-order valence-electron chi connectivity index (χ4n) is 2.13. The minimum absolute atomic E-state index is 0.169. The van der Waals surface area contributed by atoms with Gasteiger partial charge in [-0.1, -0.05) is 36.4 Å². The number of amides is 1. The molecule has 128 valence electrons. The zero-order chi connectivity index (χ0) is 17.6. The van der Waals surface area contributed by atoms with Gasteiger partial charge >= 0.3 is 5.97 Å². The van der Waals surface area contributed by atoms with E-state index in [1.165, 1.54) is 11.3 Å². The zero-order valence-corrected chi connectivity index (χ0v) is 15.2. The van der Waals surface area contributed by atoms with Gasteiger partial charge in [-0.25, -0.2) is 4.98 Å². The van der Waals surface area contributed by atoms with E-state index in [4.69, 9.17) is 4.74 Å². The van der Waals surface area contributed by atoms with E-state index in [1.54, 1.807) is 18.3 Å². The van der Waals surface area contributed by atoms with Crippen LogP contribution in [0.1, 0.15) is 20.9 Å². The van der Waals surface area contributed by atoms with E-state index < -0.39 is 5.97 Å². The molecule has 2 aromatic heterocycles. The largest absolute Gasteiger partial charge is 0.460 e. The van der Waals surface area contributed by atoms with Crippen LogP contribution in [0.5, 0.6) is 0 Å². The summed E-state index contributed by atoms with van der Waals surface area (Å²) in [6.45, 7) is 1.81. The highest BCUT2D eigenvalue weighted by Gasteiger charge is 2.17. The van der Waals surface area contributed by atoms with Crippen molar-refractivity contribution in [3.63, 3.8) is 0 Å². The molecule has 0 saturated carbocycles. The second-order valence-electron chi connectivity index (χ2n) is 5.24. The van der Waals surface area contributed by atoms with Gasteiger partial charge in [-0.2, -0.15) is 0 Å². The number of carbonyl (C=O) groups is 2. The topological polar surface area (TPSA) is 68.3 Å². The molecular formula is C18H16N2O3S2. The summed E-state index contributed by atoms with van der Waals surface area (Å²) < 4.78 is 5.14.